The maximum absolute atomic E-state index is 12.4. The van der Waals surface area contributed by atoms with Crippen LogP contribution in [0.2, 0.25) is 0 Å². The third kappa shape index (κ3) is 2.72. The number of ether oxygens (including phenoxy) is 1. The lowest BCUT2D eigenvalue weighted by molar-refractivity contribution is -0.154. The Morgan fingerprint density at radius 3 is 2.57 bits per heavy atom. The van der Waals surface area contributed by atoms with Gasteiger partial charge >= 0.3 is 11.6 Å². The predicted molar refractivity (Wildman–Crippen MR) is 84.3 cm³/mol. The number of amides is 1. The van der Waals surface area contributed by atoms with Crippen LogP contribution in [0.15, 0.2) is 27.4 Å². The highest BCUT2D eigenvalue weighted by atomic mass is 16.6. The van der Waals surface area contributed by atoms with Crippen molar-refractivity contribution in [2.45, 2.75) is 39.2 Å². The predicted octanol–water partition coefficient (Wildman–Crippen LogP) is 2.44. The lowest BCUT2D eigenvalue weighted by atomic mass is 10.0. The van der Waals surface area contributed by atoms with Gasteiger partial charge in [-0.2, -0.15) is 0 Å². The molecule has 1 aliphatic heterocycles. The highest BCUT2D eigenvalue weighted by Gasteiger charge is 2.42. The van der Waals surface area contributed by atoms with Gasteiger partial charge < -0.3 is 14.5 Å². The summed E-state index contributed by atoms with van der Waals surface area (Å²) in [4.78, 5) is 35.2. The summed E-state index contributed by atoms with van der Waals surface area (Å²) in [6, 6.07) is 4.88. The van der Waals surface area contributed by atoms with E-state index >= 15 is 0 Å². The first kappa shape index (κ1) is 15.3. The van der Waals surface area contributed by atoms with Crippen LogP contribution in [0.1, 0.15) is 30.9 Å². The second kappa shape index (κ2) is 5.22. The van der Waals surface area contributed by atoms with Crippen LogP contribution in [0.25, 0.3) is 11.0 Å². The molecule has 120 valence electrons. The summed E-state index contributed by atoms with van der Waals surface area (Å²) >= 11 is 0. The van der Waals surface area contributed by atoms with E-state index in [2.05, 4.69) is 5.32 Å². The second-order valence-electron chi connectivity index (χ2n) is 6.07. The van der Waals surface area contributed by atoms with E-state index in [-0.39, 0.29) is 18.3 Å². The summed E-state index contributed by atoms with van der Waals surface area (Å²) in [6.45, 7) is 5.22. The van der Waals surface area contributed by atoms with Gasteiger partial charge in [-0.1, -0.05) is 0 Å². The standard InChI is InChI=1S/C17H17NO5/c1-9-7-15(20)22-13-6-10(2)12(8-11(9)13)18-16(21)17(3)5-4-14(19)23-17/h6-8H,4-5H2,1-3H3,(H,18,21). The molecule has 1 aliphatic rings. The molecule has 2 heterocycles. The van der Waals surface area contributed by atoms with Gasteiger partial charge in [0.05, 0.1) is 0 Å². The van der Waals surface area contributed by atoms with E-state index in [1.54, 1.807) is 32.9 Å². The van der Waals surface area contributed by atoms with Gasteiger partial charge in [-0.15, -0.1) is 0 Å². The fourth-order valence-corrected chi connectivity index (χ4v) is 2.71. The quantitative estimate of drug-likeness (QED) is 0.679. The molecular formula is C17H17NO5. The molecule has 1 atom stereocenters. The number of cyclic esters (lactones) is 1. The van der Waals surface area contributed by atoms with Crippen molar-refractivity contribution in [1.29, 1.82) is 0 Å². The Morgan fingerprint density at radius 2 is 1.91 bits per heavy atom. The molecule has 6 nitrogen and oxygen atoms in total. The van der Waals surface area contributed by atoms with Crippen molar-refractivity contribution in [2.24, 2.45) is 0 Å². The maximum Gasteiger partial charge on any atom is 0.336 e. The van der Waals surface area contributed by atoms with Crippen molar-refractivity contribution in [1.82, 2.24) is 0 Å². The Morgan fingerprint density at radius 1 is 1.17 bits per heavy atom. The summed E-state index contributed by atoms with van der Waals surface area (Å²) in [5.41, 5.74) is 1.05. The zero-order chi connectivity index (χ0) is 16.8. The lowest BCUT2D eigenvalue weighted by Crippen LogP contribution is -2.39. The minimum absolute atomic E-state index is 0.241. The Labute approximate surface area is 132 Å². The highest BCUT2D eigenvalue weighted by molar-refractivity contribution is 6.01. The molecule has 6 heteroatoms. The van der Waals surface area contributed by atoms with Gasteiger partial charge in [0.1, 0.15) is 5.58 Å². The van der Waals surface area contributed by atoms with Crippen LogP contribution >= 0.6 is 0 Å². The minimum Gasteiger partial charge on any atom is -0.449 e. The van der Waals surface area contributed by atoms with Gasteiger partial charge in [0, 0.05) is 30.0 Å². The van der Waals surface area contributed by atoms with Crippen LogP contribution < -0.4 is 10.9 Å². The second-order valence-corrected chi connectivity index (χ2v) is 6.07. The van der Waals surface area contributed by atoms with E-state index < -0.39 is 11.2 Å². The molecule has 0 radical (unpaired) electrons. The average molecular weight is 315 g/mol. The third-order valence-corrected chi connectivity index (χ3v) is 4.17. The van der Waals surface area contributed by atoms with Crippen LogP contribution in [-0.2, 0) is 14.3 Å². The van der Waals surface area contributed by atoms with E-state index in [0.29, 0.717) is 17.7 Å². The molecule has 23 heavy (non-hydrogen) atoms. The fraction of sp³-hybridized carbons (Fsp3) is 0.353. The SMILES string of the molecule is Cc1cc2oc(=O)cc(C)c2cc1NC(=O)C1(C)CCC(=O)O1. The summed E-state index contributed by atoms with van der Waals surface area (Å²) in [5, 5.41) is 3.56. The highest BCUT2D eigenvalue weighted by Crippen LogP contribution is 2.30. The normalized spacial score (nSPS) is 20.6. The molecule has 3 rings (SSSR count). The van der Waals surface area contributed by atoms with Crippen molar-refractivity contribution >= 4 is 28.5 Å². The van der Waals surface area contributed by atoms with Crippen molar-refractivity contribution in [3.63, 3.8) is 0 Å². The van der Waals surface area contributed by atoms with Gasteiger partial charge in [0.2, 0.25) is 0 Å². The summed E-state index contributed by atoms with van der Waals surface area (Å²) < 4.78 is 10.3. The zero-order valence-electron chi connectivity index (χ0n) is 13.2. The molecule has 1 fully saturated rings. The average Bonchev–Trinajstić information content (AvgIpc) is 2.81. The Balaban J connectivity index is 1.97. The number of esters is 1. The molecule has 0 bridgehead atoms. The molecule has 0 aliphatic carbocycles. The van der Waals surface area contributed by atoms with Crippen molar-refractivity contribution in [2.75, 3.05) is 5.32 Å². The molecule has 1 amide bonds. The molecule has 1 N–H and O–H groups in total. The van der Waals surface area contributed by atoms with Crippen LogP contribution in [-0.4, -0.2) is 17.5 Å². The van der Waals surface area contributed by atoms with Gasteiger partial charge in [-0.25, -0.2) is 4.79 Å². The van der Waals surface area contributed by atoms with Crippen molar-refractivity contribution in [3.05, 3.63) is 39.7 Å². The van der Waals surface area contributed by atoms with Crippen LogP contribution in [0, 0.1) is 13.8 Å². The number of carbonyl (C=O) groups is 2. The Kier molecular flexibility index (Phi) is 3.47. The lowest BCUT2D eigenvalue weighted by Gasteiger charge is -2.22. The molecule has 0 saturated carbocycles. The van der Waals surface area contributed by atoms with Crippen LogP contribution in [0.4, 0.5) is 5.69 Å². The van der Waals surface area contributed by atoms with Gasteiger partial charge in [-0.05, 0) is 44.0 Å². The fourth-order valence-electron chi connectivity index (χ4n) is 2.71. The van der Waals surface area contributed by atoms with Crippen molar-refractivity contribution in [3.8, 4) is 0 Å². The minimum atomic E-state index is -1.14. The first-order valence-electron chi connectivity index (χ1n) is 7.37. The molecule has 2 aromatic rings. The van der Waals surface area contributed by atoms with Gasteiger partial charge in [0.15, 0.2) is 5.60 Å². The number of aryl methyl sites for hydroxylation is 2. The number of hydrogen-bond donors (Lipinski definition) is 1. The Bertz CT molecular complexity index is 882. The molecule has 1 saturated heterocycles. The summed E-state index contributed by atoms with van der Waals surface area (Å²) in [6.07, 6.45) is 0.600. The van der Waals surface area contributed by atoms with Crippen LogP contribution in [0.3, 0.4) is 0 Å². The van der Waals surface area contributed by atoms with Gasteiger partial charge in [0.25, 0.3) is 5.91 Å². The molecule has 1 unspecified atom stereocenters. The molecule has 1 aromatic heterocycles. The zero-order valence-corrected chi connectivity index (χ0v) is 13.2. The topological polar surface area (TPSA) is 85.6 Å². The van der Waals surface area contributed by atoms with Crippen LogP contribution in [0.5, 0.6) is 0 Å². The van der Waals surface area contributed by atoms with Gasteiger partial charge in [-0.3, -0.25) is 9.59 Å². The summed E-state index contributed by atoms with van der Waals surface area (Å²) in [5.74, 6) is -0.726. The largest absolute Gasteiger partial charge is 0.449 e. The van der Waals surface area contributed by atoms with E-state index in [4.69, 9.17) is 9.15 Å². The van der Waals surface area contributed by atoms with Crippen molar-refractivity contribution < 1.29 is 18.7 Å². The number of carbonyl (C=O) groups excluding carboxylic acids is 2. The molecule has 0 spiro atoms. The number of nitrogens with one attached hydrogen (secondary N) is 1. The maximum atomic E-state index is 12.4. The molecule has 1 aromatic carbocycles. The first-order chi connectivity index (χ1) is 10.8. The monoisotopic (exact) mass is 315 g/mol. The number of rotatable bonds is 2. The Hall–Kier alpha value is -2.63. The van der Waals surface area contributed by atoms with E-state index in [9.17, 15) is 14.4 Å². The number of hydrogen-bond acceptors (Lipinski definition) is 5. The smallest absolute Gasteiger partial charge is 0.336 e. The molecular weight excluding hydrogens is 298 g/mol. The first-order valence-corrected chi connectivity index (χ1v) is 7.37. The number of anilines is 1. The summed E-state index contributed by atoms with van der Waals surface area (Å²) in [7, 11) is 0. The number of benzene rings is 1. The van der Waals surface area contributed by atoms with E-state index in [0.717, 1.165) is 16.5 Å². The van der Waals surface area contributed by atoms with E-state index in [1.807, 2.05) is 0 Å². The number of fused-ring (bicyclic) bond motifs is 1. The third-order valence-electron chi connectivity index (χ3n) is 4.17. The van der Waals surface area contributed by atoms with E-state index in [1.165, 1.54) is 6.07 Å².